The lowest BCUT2D eigenvalue weighted by Gasteiger charge is -2.11. The minimum atomic E-state index is -0.257. The Morgan fingerprint density at radius 1 is 1.06 bits per heavy atom. The summed E-state index contributed by atoms with van der Waals surface area (Å²) in [6, 6.07) is 13.3. The smallest absolute Gasteiger partial charge is 0.250 e. The number of thiazole rings is 1. The van der Waals surface area contributed by atoms with Crippen molar-refractivity contribution in [3.8, 4) is 28.5 Å². The topological polar surface area (TPSA) is 69.7 Å². The highest BCUT2D eigenvalue weighted by Gasteiger charge is 2.11. The molecule has 0 bridgehead atoms. The summed E-state index contributed by atoms with van der Waals surface area (Å²) in [6.45, 7) is 5.34. The third-order valence-corrected chi connectivity index (χ3v) is 5.58. The van der Waals surface area contributed by atoms with E-state index >= 15 is 0 Å². The molecule has 7 heteroatoms. The van der Waals surface area contributed by atoms with E-state index in [1.165, 1.54) is 17.4 Å². The number of rotatable bonds is 12. The van der Waals surface area contributed by atoms with E-state index in [4.69, 9.17) is 14.2 Å². The van der Waals surface area contributed by atoms with E-state index in [0.717, 1.165) is 41.8 Å². The molecule has 0 saturated heterocycles. The number of nitrogens with one attached hydrogen (secondary N) is 1. The molecule has 0 aliphatic carbocycles. The molecule has 1 heterocycles. The molecule has 0 fully saturated rings. The highest BCUT2D eigenvalue weighted by molar-refractivity contribution is 7.14. The predicted molar refractivity (Wildman–Crippen MR) is 134 cm³/mol. The lowest BCUT2D eigenvalue weighted by atomic mass is 10.1. The van der Waals surface area contributed by atoms with E-state index in [0.29, 0.717) is 29.8 Å². The first-order valence-electron chi connectivity index (χ1n) is 11.1. The van der Waals surface area contributed by atoms with Crippen molar-refractivity contribution in [2.75, 3.05) is 25.6 Å². The van der Waals surface area contributed by atoms with E-state index in [1.54, 1.807) is 13.2 Å². The quantitative estimate of drug-likeness (QED) is 0.246. The minimum absolute atomic E-state index is 0.257. The molecule has 0 aliphatic rings. The fraction of sp³-hybridized carbons (Fsp3) is 0.308. The van der Waals surface area contributed by atoms with E-state index in [2.05, 4.69) is 17.2 Å². The van der Waals surface area contributed by atoms with Gasteiger partial charge in [-0.1, -0.05) is 38.0 Å². The Labute approximate surface area is 199 Å². The van der Waals surface area contributed by atoms with Gasteiger partial charge in [0.1, 0.15) is 5.75 Å². The number of anilines is 1. The molecule has 0 spiro atoms. The largest absolute Gasteiger partial charge is 0.493 e. The number of unbranched alkanes of at least 4 members (excludes halogenated alkanes) is 2. The standard InChI is InChI=1S/C26H30N2O4S/c1-4-6-9-16-32-23-14-12-19(17-24(23)30-3)13-15-25(29)28-26-27-21(18-33-26)20-10-7-8-11-22(20)31-5-2/h7-8,10-15,17-18H,4-6,9,16H2,1-3H3,(H,27,28,29)/b15-13+. The third-order valence-electron chi connectivity index (χ3n) is 4.82. The van der Waals surface area contributed by atoms with Crippen molar-refractivity contribution in [3.05, 3.63) is 59.5 Å². The van der Waals surface area contributed by atoms with Gasteiger partial charge in [0.25, 0.3) is 0 Å². The average molecular weight is 467 g/mol. The maximum Gasteiger partial charge on any atom is 0.250 e. The summed E-state index contributed by atoms with van der Waals surface area (Å²) in [5.41, 5.74) is 2.51. The van der Waals surface area contributed by atoms with Crippen molar-refractivity contribution in [3.63, 3.8) is 0 Å². The second-order valence-corrected chi connectivity index (χ2v) is 8.11. The minimum Gasteiger partial charge on any atom is -0.493 e. The summed E-state index contributed by atoms with van der Waals surface area (Å²) >= 11 is 1.37. The molecule has 0 radical (unpaired) electrons. The van der Waals surface area contributed by atoms with Gasteiger partial charge in [0.2, 0.25) is 5.91 Å². The van der Waals surface area contributed by atoms with Gasteiger partial charge in [-0.3, -0.25) is 10.1 Å². The van der Waals surface area contributed by atoms with Crippen LogP contribution < -0.4 is 19.5 Å². The molecule has 33 heavy (non-hydrogen) atoms. The monoisotopic (exact) mass is 466 g/mol. The van der Waals surface area contributed by atoms with Crippen LogP contribution in [0.25, 0.3) is 17.3 Å². The van der Waals surface area contributed by atoms with Gasteiger partial charge in [-0.15, -0.1) is 11.3 Å². The molecule has 0 aliphatic heterocycles. The first-order chi connectivity index (χ1) is 16.1. The number of nitrogens with zero attached hydrogens (tertiary/aromatic N) is 1. The number of carbonyl (C=O) groups excluding carboxylic acids is 1. The van der Waals surface area contributed by atoms with Gasteiger partial charge in [0.15, 0.2) is 16.6 Å². The molecular weight excluding hydrogens is 436 g/mol. The van der Waals surface area contributed by atoms with Crippen LogP contribution in [0.3, 0.4) is 0 Å². The predicted octanol–water partition coefficient (Wildman–Crippen LogP) is 6.44. The Kier molecular flexibility index (Phi) is 9.32. The lowest BCUT2D eigenvalue weighted by Crippen LogP contribution is -2.07. The second-order valence-electron chi connectivity index (χ2n) is 7.26. The van der Waals surface area contributed by atoms with Crippen LogP contribution in [0.5, 0.6) is 17.2 Å². The van der Waals surface area contributed by atoms with Crippen molar-refractivity contribution in [1.29, 1.82) is 0 Å². The number of benzene rings is 2. The Morgan fingerprint density at radius 2 is 1.91 bits per heavy atom. The van der Waals surface area contributed by atoms with Crippen LogP contribution in [0.2, 0.25) is 0 Å². The van der Waals surface area contributed by atoms with E-state index in [-0.39, 0.29) is 5.91 Å². The van der Waals surface area contributed by atoms with Gasteiger partial charge in [-0.05, 0) is 49.2 Å². The Morgan fingerprint density at radius 3 is 2.70 bits per heavy atom. The van der Waals surface area contributed by atoms with Crippen molar-refractivity contribution in [1.82, 2.24) is 4.98 Å². The van der Waals surface area contributed by atoms with Gasteiger partial charge in [0, 0.05) is 17.0 Å². The van der Waals surface area contributed by atoms with Crippen LogP contribution in [0.15, 0.2) is 53.9 Å². The fourth-order valence-corrected chi connectivity index (χ4v) is 3.89. The molecule has 3 aromatic rings. The Hall–Kier alpha value is -3.32. The number of ether oxygens (including phenoxy) is 3. The normalized spacial score (nSPS) is 10.9. The summed E-state index contributed by atoms with van der Waals surface area (Å²) in [6.07, 6.45) is 6.51. The van der Waals surface area contributed by atoms with Crippen molar-refractivity contribution < 1.29 is 19.0 Å². The first-order valence-corrected chi connectivity index (χ1v) is 12.0. The molecule has 0 unspecified atom stereocenters. The maximum atomic E-state index is 12.4. The number of para-hydroxylation sites is 1. The zero-order valence-corrected chi connectivity index (χ0v) is 20.1. The summed E-state index contributed by atoms with van der Waals surface area (Å²) in [7, 11) is 1.61. The van der Waals surface area contributed by atoms with Crippen LogP contribution in [-0.4, -0.2) is 31.2 Å². The molecule has 0 atom stereocenters. The Balaban J connectivity index is 1.61. The number of hydrogen-bond acceptors (Lipinski definition) is 6. The molecule has 1 N–H and O–H groups in total. The summed E-state index contributed by atoms with van der Waals surface area (Å²) in [4.78, 5) is 16.9. The third kappa shape index (κ3) is 7.08. The molecule has 0 saturated carbocycles. The number of carbonyl (C=O) groups is 1. The van der Waals surface area contributed by atoms with Gasteiger partial charge >= 0.3 is 0 Å². The fourth-order valence-electron chi connectivity index (χ4n) is 3.17. The SMILES string of the molecule is CCCCCOc1ccc(/C=C/C(=O)Nc2nc(-c3ccccc3OCC)cs2)cc1OC. The van der Waals surface area contributed by atoms with E-state index in [1.807, 2.05) is 54.8 Å². The first kappa shape index (κ1) is 24.3. The van der Waals surface area contributed by atoms with E-state index in [9.17, 15) is 4.79 Å². The highest BCUT2D eigenvalue weighted by atomic mass is 32.1. The highest BCUT2D eigenvalue weighted by Crippen LogP contribution is 2.32. The maximum absolute atomic E-state index is 12.4. The lowest BCUT2D eigenvalue weighted by molar-refractivity contribution is -0.111. The number of aromatic nitrogens is 1. The molecule has 1 aromatic heterocycles. The van der Waals surface area contributed by atoms with Crippen LogP contribution in [0.4, 0.5) is 5.13 Å². The molecular formula is C26H30N2O4S. The van der Waals surface area contributed by atoms with Crippen molar-refractivity contribution in [2.24, 2.45) is 0 Å². The summed E-state index contributed by atoms with van der Waals surface area (Å²) < 4.78 is 16.9. The molecule has 1 amide bonds. The van der Waals surface area contributed by atoms with E-state index < -0.39 is 0 Å². The van der Waals surface area contributed by atoms with Crippen LogP contribution in [0, 0.1) is 0 Å². The van der Waals surface area contributed by atoms with Crippen LogP contribution >= 0.6 is 11.3 Å². The van der Waals surface area contributed by atoms with Gasteiger partial charge in [-0.2, -0.15) is 0 Å². The zero-order chi connectivity index (χ0) is 23.5. The average Bonchev–Trinajstić information content (AvgIpc) is 3.29. The van der Waals surface area contributed by atoms with Crippen molar-refractivity contribution in [2.45, 2.75) is 33.1 Å². The summed E-state index contributed by atoms with van der Waals surface area (Å²) in [5.74, 6) is 1.87. The van der Waals surface area contributed by atoms with Gasteiger partial charge in [-0.25, -0.2) is 4.98 Å². The number of amides is 1. The zero-order valence-electron chi connectivity index (χ0n) is 19.3. The van der Waals surface area contributed by atoms with Gasteiger partial charge in [0.05, 0.1) is 26.0 Å². The molecule has 2 aromatic carbocycles. The molecule has 6 nitrogen and oxygen atoms in total. The molecule has 174 valence electrons. The van der Waals surface area contributed by atoms with Crippen LogP contribution in [-0.2, 0) is 4.79 Å². The number of hydrogen-bond donors (Lipinski definition) is 1. The number of methoxy groups -OCH3 is 1. The summed E-state index contributed by atoms with van der Waals surface area (Å²) in [5, 5.41) is 5.25. The Bertz CT molecular complexity index is 1080. The van der Waals surface area contributed by atoms with Crippen molar-refractivity contribution >= 4 is 28.5 Å². The second kappa shape index (κ2) is 12.6. The van der Waals surface area contributed by atoms with Gasteiger partial charge < -0.3 is 14.2 Å². The van der Waals surface area contributed by atoms with Crippen LogP contribution in [0.1, 0.15) is 38.7 Å². The molecule has 3 rings (SSSR count).